The van der Waals surface area contributed by atoms with Crippen molar-refractivity contribution in [1.82, 2.24) is 0 Å². The molecule has 0 aromatic heterocycles. The molecule has 0 bridgehead atoms. The van der Waals surface area contributed by atoms with Crippen molar-refractivity contribution in [3.8, 4) is 0 Å². The van der Waals surface area contributed by atoms with Crippen LogP contribution in [0.1, 0.15) is 12.8 Å². The molecule has 9 heavy (non-hydrogen) atoms. The zero-order valence-electron chi connectivity index (χ0n) is 5.35. The van der Waals surface area contributed by atoms with Gasteiger partial charge in [-0.05, 0) is 0 Å². The third-order valence-corrected chi connectivity index (χ3v) is 0.836. The second-order valence-corrected chi connectivity index (χ2v) is 1.61. The Kier molecular flexibility index (Phi) is 3.67. The molecule has 0 saturated carbocycles. The summed E-state index contributed by atoms with van der Waals surface area (Å²) >= 11 is 0. The Bertz CT molecular complexity index is 117. The van der Waals surface area contributed by atoms with Crippen LogP contribution < -0.4 is 0 Å². The van der Waals surface area contributed by atoms with Gasteiger partial charge in [0.15, 0.2) is 0 Å². The molecule has 0 amide bonds. The molecule has 0 saturated heterocycles. The first kappa shape index (κ1) is 8.14. The number of Topliss-reactive ketones (excluding diaryl/α,β-unsaturated/α-hetero) is 1. The van der Waals surface area contributed by atoms with Gasteiger partial charge >= 0.3 is 5.97 Å². The van der Waals surface area contributed by atoms with E-state index >= 15 is 0 Å². The fraction of sp³-hybridized carbons (Fsp3) is 0.500. The minimum absolute atomic E-state index is 0.138. The molecule has 0 aliphatic rings. The molecule has 0 fully saturated rings. The van der Waals surface area contributed by atoms with Gasteiger partial charge < -0.3 is 4.74 Å². The zero-order chi connectivity index (χ0) is 7.28. The predicted molar refractivity (Wildman–Crippen MR) is 31.6 cm³/mol. The van der Waals surface area contributed by atoms with Gasteiger partial charge in [-0.3, -0.25) is 9.59 Å². The van der Waals surface area contributed by atoms with E-state index in [1.54, 1.807) is 0 Å². The third kappa shape index (κ3) is 5.00. The molecule has 0 aliphatic carbocycles. The fourth-order valence-electron chi connectivity index (χ4n) is 0.344. The van der Waals surface area contributed by atoms with Crippen LogP contribution in [-0.2, 0) is 14.3 Å². The third-order valence-electron chi connectivity index (χ3n) is 0.836. The summed E-state index contributed by atoms with van der Waals surface area (Å²) in [7, 11) is 1.29. The van der Waals surface area contributed by atoms with Gasteiger partial charge in [0.1, 0.15) is 5.78 Å². The molecule has 0 aromatic rings. The number of rotatable bonds is 3. The van der Waals surface area contributed by atoms with Crippen molar-refractivity contribution >= 4 is 11.8 Å². The van der Waals surface area contributed by atoms with Crippen LogP contribution in [0, 0.1) is 6.92 Å². The summed E-state index contributed by atoms with van der Waals surface area (Å²) in [4.78, 5) is 20.5. The van der Waals surface area contributed by atoms with Crippen LogP contribution in [0.3, 0.4) is 0 Å². The summed E-state index contributed by atoms with van der Waals surface area (Å²) in [5, 5.41) is 0. The lowest BCUT2D eigenvalue weighted by molar-refractivity contribution is -0.141. The minimum atomic E-state index is -0.369. The standard InChI is InChI=1S/C6H9O3/c1-5(7)3-4-6(8)9-2/h1,3-4H2,2H3. The van der Waals surface area contributed by atoms with E-state index in [0.29, 0.717) is 0 Å². The van der Waals surface area contributed by atoms with E-state index in [-0.39, 0.29) is 24.6 Å². The summed E-state index contributed by atoms with van der Waals surface area (Å²) in [5.74, 6) is -0.604. The number of hydrogen-bond acceptors (Lipinski definition) is 3. The molecule has 0 aromatic carbocycles. The number of carbonyl (C=O) groups excluding carboxylic acids is 2. The summed E-state index contributed by atoms with van der Waals surface area (Å²) in [5.41, 5.74) is 0. The van der Waals surface area contributed by atoms with Gasteiger partial charge in [0, 0.05) is 13.3 Å². The fourth-order valence-corrected chi connectivity index (χ4v) is 0.344. The highest BCUT2D eigenvalue weighted by atomic mass is 16.5. The predicted octanol–water partition coefficient (Wildman–Crippen LogP) is 0.343. The molecule has 0 aliphatic heterocycles. The molecule has 0 spiro atoms. The number of esters is 1. The molecule has 1 radical (unpaired) electrons. The van der Waals surface area contributed by atoms with E-state index in [0.717, 1.165) is 0 Å². The van der Waals surface area contributed by atoms with Crippen molar-refractivity contribution in [2.45, 2.75) is 12.8 Å². The molecule has 0 heterocycles. The van der Waals surface area contributed by atoms with Gasteiger partial charge in [-0.2, -0.15) is 0 Å². The molecule has 0 N–H and O–H groups in total. The van der Waals surface area contributed by atoms with Gasteiger partial charge in [-0.25, -0.2) is 0 Å². The average molecular weight is 129 g/mol. The Labute approximate surface area is 54.0 Å². The quantitative estimate of drug-likeness (QED) is 0.516. The highest BCUT2D eigenvalue weighted by molar-refractivity contribution is 5.85. The first-order valence-electron chi connectivity index (χ1n) is 2.58. The maximum Gasteiger partial charge on any atom is 0.305 e. The topological polar surface area (TPSA) is 43.4 Å². The molecule has 51 valence electrons. The molecule has 0 atom stereocenters. The van der Waals surface area contributed by atoms with E-state index < -0.39 is 0 Å². The monoisotopic (exact) mass is 129 g/mol. The lowest BCUT2D eigenvalue weighted by Crippen LogP contribution is -2.02. The van der Waals surface area contributed by atoms with Crippen LogP contribution >= 0.6 is 0 Å². The minimum Gasteiger partial charge on any atom is -0.469 e. The van der Waals surface area contributed by atoms with E-state index in [2.05, 4.69) is 11.7 Å². The van der Waals surface area contributed by atoms with Crippen molar-refractivity contribution in [2.24, 2.45) is 0 Å². The van der Waals surface area contributed by atoms with Crippen molar-refractivity contribution in [3.63, 3.8) is 0 Å². The Balaban J connectivity index is 3.28. The summed E-state index contributed by atoms with van der Waals surface area (Å²) in [6.07, 6.45) is 0.311. The van der Waals surface area contributed by atoms with Crippen LogP contribution in [0.2, 0.25) is 0 Å². The largest absolute Gasteiger partial charge is 0.469 e. The highest BCUT2D eigenvalue weighted by Gasteiger charge is 2.00. The number of methoxy groups -OCH3 is 1. The van der Waals surface area contributed by atoms with Gasteiger partial charge in [-0.1, -0.05) is 0 Å². The Hall–Kier alpha value is -0.860. The molecule has 0 rings (SSSR count). The number of carbonyl (C=O) groups is 2. The molecular formula is C6H9O3. The second-order valence-electron chi connectivity index (χ2n) is 1.61. The van der Waals surface area contributed by atoms with E-state index in [1.165, 1.54) is 7.11 Å². The summed E-state index contributed by atoms with van der Waals surface area (Å²) in [6.45, 7) is 3.10. The Morgan fingerprint density at radius 3 is 2.33 bits per heavy atom. The van der Waals surface area contributed by atoms with E-state index in [1.807, 2.05) is 0 Å². The zero-order valence-corrected chi connectivity index (χ0v) is 5.35. The normalized spacial score (nSPS) is 8.67. The summed E-state index contributed by atoms with van der Waals surface area (Å²) in [6, 6.07) is 0. The number of ether oxygens (including phenoxy) is 1. The molecule has 3 heteroatoms. The lowest BCUT2D eigenvalue weighted by atomic mass is 10.2. The summed E-state index contributed by atoms with van der Waals surface area (Å²) < 4.78 is 4.28. The maximum atomic E-state index is 10.3. The van der Waals surface area contributed by atoms with Crippen LogP contribution in [-0.4, -0.2) is 18.9 Å². The first-order chi connectivity index (χ1) is 4.16. The lowest BCUT2D eigenvalue weighted by Gasteiger charge is -1.93. The van der Waals surface area contributed by atoms with Crippen molar-refractivity contribution in [1.29, 1.82) is 0 Å². The SMILES string of the molecule is [CH2]C(=O)CCC(=O)OC. The van der Waals surface area contributed by atoms with Crippen molar-refractivity contribution < 1.29 is 14.3 Å². The van der Waals surface area contributed by atoms with Crippen molar-refractivity contribution in [3.05, 3.63) is 6.92 Å². The highest BCUT2D eigenvalue weighted by Crippen LogP contribution is 1.90. The molecule has 3 nitrogen and oxygen atoms in total. The molecular weight excluding hydrogens is 120 g/mol. The van der Waals surface area contributed by atoms with E-state index in [4.69, 9.17) is 0 Å². The average Bonchev–Trinajstić information content (AvgIpc) is 1.83. The smallest absolute Gasteiger partial charge is 0.305 e. The molecule has 0 unspecified atom stereocenters. The number of hydrogen-bond donors (Lipinski definition) is 0. The Morgan fingerprint density at radius 1 is 1.44 bits per heavy atom. The van der Waals surface area contributed by atoms with Gasteiger partial charge in [0.05, 0.1) is 13.5 Å². The number of ketones is 1. The van der Waals surface area contributed by atoms with Crippen molar-refractivity contribution in [2.75, 3.05) is 7.11 Å². The van der Waals surface area contributed by atoms with Crippen LogP contribution in [0.4, 0.5) is 0 Å². The Morgan fingerprint density at radius 2 is 2.00 bits per heavy atom. The van der Waals surface area contributed by atoms with Crippen LogP contribution in [0.25, 0.3) is 0 Å². The maximum absolute atomic E-state index is 10.3. The second kappa shape index (κ2) is 4.06. The van der Waals surface area contributed by atoms with Gasteiger partial charge in [0.2, 0.25) is 0 Å². The van der Waals surface area contributed by atoms with Crippen LogP contribution in [0.5, 0.6) is 0 Å². The van der Waals surface area contributed by atoms with E-state index in [9.17, 15) is 9.59 Å². The van der Waals surface area contributed by atoms with Gasteiger partial charge in [-0.15, -0.1) is 0 Å². The van der Waals surface area contributed by atoms with Crippen LogP contribution in [0.15, 0.2) is 0 Å². The first-order valence-corrected chi connectivity index (χ1v) is 2.58. The van der Waals surface area contributed by atoms with Gasteiger partial charge in [0.25, 0.3) is 0 Å².